The Labute approximate surface area is 102 Å². The third-order valence-corrected chi connectivity index (χ3v) is 4.93. The van der Waals surface area contributed by atoms with Crippen LogP contribution < -0.4 is 5.32 Å². The van der Waals surface area contributed by atoms with Crippen LogP contribution in [0.5, 0.6) is 0 Å². The highest BCUT2D eigenvalue weighted by Gasteiger charge is 2.27. The average Bonchev–Trinajstić information content (AvgIpc) is 2.33. The fraction of sp³-hybridized carbons (Fsp3) is 0.917. The van der Waals surface area contributed by atoms with Crippen molar-refractivity contribution in [1.82, 2.24) is 10.2 Å². The molecular formula is C12H22N2OS. The molecule has 0 atom stereocenters. The van der Waals surface area contributed by atoms with Gasteiger partial charge in [-0.1, -0.05) is 13.8 Å². The second-order valence-corrected chi connectivity index (χ2v) is 7.22. The van der Waals surface area contributed by atoms with Crippen LogP contribution in [-0.2, 0) is 0 Å². The Morgan fingerprint density at radius 3 is 2.75 bits per heavy atom. The van der Waals surface area contributed by atoms with Crippen molar-refractivity contribution >= 4 is 17.8 Å². The van der Waals surface area contributed by atoms with Crippen molar-refractivity contribution in [2.45, 2.75) is 50.3 Å². The Hall–Kier alpha value is -0.380. The third kappa shape index (κ3) is 3.06. The normalized spacial score (nSPS) is 25.8. The van der Waals surface area contributed by atoms with Crippen molar-refractivity contribution in [3.8, 4) is 0 Å². The van der Waals surface area contributed by atoms with Gasteiger partial charge in [0.25, 0.3) is 0 Å². The van der Waals surface area contributed by atoms with E-state index in [1.54, 1.807) is 0 Å². The number of thioether (sulfide) groups is 1. The van der Waals surface area contributed by atoms with E-state index in [4.69, 9.17) is 0 Å². The molecule has 0 aromatic carbocycles. The van der Waals surface area contributed by atoms with E-state index in [0.717, 1.165) is 25.3 Å². The first-order valence-electron chi connectivity index (χ1n) is 6.26. The highest BCUT2D eigenvalue weighted by molar-refractivity contribution is 8.00. The van der Waals surface area contributed by atoms with E-state index in [0.29, 0.717) is 10.8 Å². The molecule has 0 unspecified atom stereocenters. The number of rotatable bonds is 1. The summed E-state index contributed by atoms with van der Waals surface area (Å²) < 4.78 is 0.325. The summed E-state index contributed by atoms with van der Waals surface area (Å²) >= 11 is 1.98. The maximum Gasteiger partial charge on any atom is 0.317 e. The topological polar surface area (TPSA) is 32.3 Å². The van der Waals surface area contributed by atoms with E-state index >= 15 is 0 Å². The first kappa shape index (κ1) is 12.1. The molecular weight excluding hydrogens is 220 g/mol. The quantitative estimate of drug-likeness (QED) is 0.766. The van der Waals surface area contributed by atoms with Crippen molar-refractivity contribution in [1.29, 1.82) is 0 Å². The molecule has 0 radical (unpaired) electrons. The Kier molecular flexibility index (Phi) is 3.67. The van der Waals surface area contributed by atoms with Crippen LogP contribution in [0.4, 0.5) is 4.79 Å². The molecule has 2 aliphatic rings. The number of carbonyl (C=O) groups is 1. The minimum atomic E-state index is 0.156. The number of urea groups is 1. The molecule has 0 spiro atoms. The maximum absolute atomic E-state index is 12.0. The summed E-state index contributed by atoms with van der Waals surface area (Å²) in [5, 5.41) is 3.12. The fourth-order valence-electron chi connectivity index (χ4n) is 2.04. The van der Waals surface area contributed by atoms with Crippen LogP contribution in [-0.4, -0.2) is 40.6 Å². The second-order valence-electron chi connectivity index (χ2n) is 5.42. The summed E-state index contributed by atoms with van der Waals surface area (Å²) in [5.41, 5.74) is 0. The van der Waals surface area contributed by atoms with E-state index < -0.39 is 0 Å². The van der Waals surface area contributed by atoms with Crippen molar-refractivity contribution < 1.29 is 4.79 Å². The molecule has 3 nitrogen and oxygen atoms in total. The van der Waals surface area contributed by atoms with Crippen LogP contribution >= 0.6 is 11.8 Å². The molecule has 1 aliphatic heterocycles. The van der Waals surface area contributed by atoms with Gasteiger partial charge >= 0.3 is 6.03 Å². The van der Waals surface area contributed by atoms with Gasteiger partial charge in [-0.15, -0.1) is 0 Å². The van der Waals surface area contributed by atoms with E-state index in [1.165, 1.54) is 19.3 Å². The number of nitrogens with zero attached hydrogens (tertiary/aromatic N) is 1. The van der Waals surface area contributed by atoms with Crippen molar-refractivity contribution in [3.63, 3.8) is 0 Å². The lowest BCUT2D eigenvalue weighted by Crippen LogP contribution is -2.48. The lowest BCUT2D eigenvalue weighted by atomic mass is 9.93. The zero-order valence-electron chi connectivity index (χ0n) is 10.3. The van der Waals surface area contributed by atoms with Crippen LogP contribution in [0.15, 0.2) is 0 Å². The molecule has 1 saturated heterocycles. The predicted octanol–water partition coefficient (Wildman–Crippen LogP) is 2.47. The van der Waals surface area contributed by atoms with Crippen LogP contribution in [0.3, 0.4) is 0 Å². The molecule has 1 aliphatic carbocycles. The van der Waals surface area contributed by atoms with Crippen molar-refractivity contribution in [2.24, 2.45) is 0 Å². The number of amides is 2. The van der Waals surface area contributed by atoms with Crippen LogP contribution in [0.1, 0.15) is 39.5 Å². The van der Waals surface area contributed by atoms with E-state index in [2.05, 4.69) is 19.2 Å². The molecule has 92 valence electrons. The highest BCUT2D eigenvalue weighted by atomic mass is 32.2. The summed E-state index contributed by atoms with van der Waals surface area (Å²) in [6.45, 7) is 6.33. The van der Waals surface area contributed by atoms with Gasteiger partial charge in [0.05, 0.1) is 0 Å². The summed E-state index contributed by atoms with van der Waals surface area (Å²) in [5.74, 6) is 1.06. The molecule has 2 fully saturated rings. The van der Waals surface area contributed by atoms with Crippen LogP contribution in [0.25, 0.3) is 0 Å². The zero-order chi connectivity index (χ0) is 11.6. The molecule has 2 rings (SSSR count). The number of hydrogen-bond acceptors (Lipinski definition) is 2. The monoisotopic (exact) mass is 242 g/mol. The predicted molar refractivity (Wildman–Crippen MR) is 68.9 cm³/mol. The molecule has 0 bridgehead atoms. The minimum Gasteiger partial charge on any atom is -0.335 e. The third-order valence-electron chi connectivity index (χ3n) is 3.56. The van der Waals surface area contributed by atoms with E-state index in [-0.39, 0.29) is 6.03 Å². The van der Waals surface area contributed by atoms with Crippen molar-refractivity contribution in [3.05, 3.63) is 0 Å². The zero-order valence-corrected chi connectivity index (χ0v) is 11.1. The van der Waals surface area contributed by atoms with Gasteiger partial charge in [0.1, 0.15) is 0 Å². The standard InChI is InChI=1S/C12H22N2OS/c1-12(2)6-7-14(8-9-16-12)11(15)13-10-4-3-5-10/h10H,3-9H2,1-2H3,(H,13,15). The lowest BCUT2D eigenvalue weighted by Gasteiger charge is -2.30. The van der Waals surface area contributed by atoms with Gasteiger partial charge in [-0.2, -0.15) is 11.8 Å². The Morgan fingerprint density at radius 2 is 2.12 bits per heavy atom. The number of hydrogen-bond donors (Lipinski definition) is 1. The fourth-order valence-corrected chi connectivity index (χ4v) is 3.14. The Balaban J connectivity index is 1.81. The van der Waals surface area contributed by atoms with Gasteiger partial charge in [0.2, 0.25) is 0 Å². The van der Waals surface area contributed by atoms with E-state index in [9.17, 15) is 4.79 Å². The summed E-state index contributed by atoms with van der Waals surface area (Å²) in [6.07, 6.45) is 4.70. The van der Waals surface area contributed by atoms with Gasteiger partial charge < -0.3 is 10.2 Å². The summed E-state index contributed by atoms with van der Waals surface area (Å²) in [4.78, 5) is 14.0. The van der Waals surface area contributed by atoms with Gasteiger partial charge in [0, 0.05) is 29.6 Å². The minimum absolute atomic E-state index is 0.156. The first-order chi connectivity index (χ1) is 7.57. The second kappa shape index (κ2) is 4.86. The van der Waals surface area contributed by atoms with Gasteiger partial charge in [-0.05, 0) is 25.7 Å². The molecule has 4 heteroatoms. The Bertz CT molecular complexity index is 264. The summed E-state index contributed by atoms with van der Waals surface area (Å²) in [6, 6.07) is 0.611. The first-order valence-corrected chi connectivity index (χ1v) is 7.25. The Morgan fingerprint density at radius 1 is 1.38 bits per heavy atom. The summed E-state index contributed by atoms with van der Waals surface area (Å²) in [7, 11) is 0. The molecule has 1 heterocycles. The molecule has 1 saturated carbocycles. The molecule has 0 aromatic rings. The smallest absolute Gasteiger partial charge is 0.317 e. The van der Waals surface area contributed by atoms with Gasteiger partial charge in [0.15, 0.2) is 0 Å². The van der Waals surface area contributed by atoms with Gasteiger partial charge in [-0.3, -0.25) is 0 Å². The van der Waals surface area contributed by atoms with Gasteiger partial charge in [-0.25, -0.2) is 4.79 Å². The molecule has 0 aromatic heterocycles. The van der Waals surface area contributed by atoms with Crippen molar-refractivity contribution in [2.75, 3.05) is 18.8 Å². The highest BCUT2D eigenvalue weighted by Crippen LogP contribution is 2.30. The lowest BCUT2D eigenvalue weighted by molar-refractivity contribution is 0.188. The number of carbonyl (C=O) groups excluding carboxylic acids is 1. The molecule has 2 amide bonds. The average molecular weight is 242 g/mol. The number of nitrogens with one attached hydrogen (secondary N) is 1. The largest absolute Gasteiger partial charge is 0.335 e. The maximum atomic E-state index is 12.0. The van der Waals surface area contributed by atoms with Crippen LogP contribution in [0.2, 0.25) is 0 Å². The molecule has 1 N–H and O–H groups in total. The van der Waals surface area contributed by atoms with E-state index in [1.807, 2.05) is 16.7 Å². The molecule has 16 heavy (non-hydrogen) atoms. The SMILES string of the molecule is CC1(C)CCN(C(=O)NC2CCC2)CCS1. The van der Waals surface area contributed by atoms with Crippen LogP contribution in [0, 0.1) is 0 Å².